The minimum Gasteiger partial charge on any atom is -0.326 e. The number of amides is 2. The van der Waals surface area contributed by atoms with E-state index in [1.54, 1.807) is 30.3 Å². The van der Waals surface area contributed by atoms with E-state index in [0.29, 0.717) is 23.4 Å². The number of hydrogen-bond acceptors (Lipinski definition) is 4. The highest BCUT2D eigenvalue weighted by Crippen LogP contribution is 2.24. The molecule has 0 atom stereocenters. The minimum absolute atomic E-state index is 0.00336. The number of carbonyl (C=O) groups excluding carboxylic acids is 2. The fraction of sp³-hybridized carbons (Fsp3) is 0.143. The predicted molar refractivity (Wildman–Crippen MR) is 106 cm³/mol. The summed E-state index contributed by atoms with van der Waals surface area (Å²) in [4.78, 5) is 35.5. The van der Waals surface area contributed by atoms with Crippen LogP contribution in [0.1, 0.15) is 28.8 Å². The van der Waals surface area contributed by atoms with Crippen molar-refractivity contribution in [2.45, 2.75) is 19.3 Å². The number of nitrogens with zero attached hydrogens (tertiary/aromatic N) is 1. The fourth-order valence-electron chi connectivity index (χ4n) is 3.18. The van der Waals surface area contributed by atoms with Gasteiger partial charge in [-0.2, -0.15) is 5.10 Å². The van der Waals surface area contributed by atoms with Gasteiger partial charge in [0.1, 0.15) is 0 Å². The Morgan fingerprint density at radius 2 is 1.89 bits per heavy atom. The summed E-state index contributed by atoms with van der Waals surface area (Å²) in [5.41, 5.74) is 4.00. The van der Waals surface area contributed by atoms with E-state index in [2.05, 4.69) is 20.8 Å². The molecule has 0 bridgehead atoms. The number of carbonyl (C=O) groups is 2. The molecule has 2 heterocycles. The summed E-state index contributed by atoms with van der Waals surface area (Å²) in [6.45, 7) is 0. The molecular formula is C21H18N4O3. The number of aryl methyl sites for hydroxylation is 1. The third-order valence-electron chi connectivity index (χ3n) is 4.59. The number of anilines is 2. The first-order valence-electron chi connectivity index (χ1n) is 8.99. The van der Waals surface area contributed by atoms with Gasteiger partial charge in [-0.05, 0) is 54.8 Å². The largest absolute Gasteiger partial charge is 0.326 e. The second kappa shape index (κ2) is 7.48. The molecular weight excluding hydrogens is 356 g/mol. The average Bonchev–Trinajstić information content (AvgIpc) is 2.88. The number of hydrogen-bond donors (Lipinski definition) is 3. The van der Waals surface area contributed by atoms with Crippen LogP contribution in [0.25, 0.3) is 11.3 Å². The summed E-state index contributed by atoms with van der Waals surface area (Å²) in [5, 5.41) is 12.2. The SMILES string of the molecule is O=C1CCCc2cc(C(=O)Nc3cccc(-c4ccc(=O)[nH]n4)c3)ccc2N1. The van der Waals surface area contributed by atoms with Crippen molar-refractivity contribution in [3.8, 4) is 11.3 Å². The lowest BCUT2D eigenvalue weighted by Gasteiger charge is -2.10. The molecule has 2 amide bonds. The molecule has 1 aliphatic heterocycles. The van der Waals surface area contributed by atoms with Gasteiger partial charge in [0.25, 0.3) is 11.5 Å². The lowest BCUT2D eigenvalue weighted by molar-refractivity contribution is -0.116. The van der Waals surface area contributed by atoms with Crippen molar-refractivity contribution in [1.82, 2.24) is 10.2 Å². The molecule has 0 unspecified atom stereocenters. The summed E-state index contributed by atoms with van der Waals surface area (Å²) >= 11 is 0. The molecule has 28 heavy (non-hydrogen) atoms. The second-order valence-corrected chi connectivity index (χ2v) is 6.62. The number of aromatic amines is 1. The molecule has 7 heteroatoms. The van der Waals surface area contributed by atoms with Crippen molar-refractivity contribution < 1.29 is 9.59 Å². The van der Waals surface area contributed by atoms with Crippen molar-refractivity contribution in [1.29, 1.82) is 0 Å². The van der Waals surface area contributed by atoms with E-state index in [1.807, 2.05) is 18.2 Å². The maximum absolute atomic E-state index is 12.7. The number of nitrogens with one attached hydrogen (secondary N) is 3. The molecule has 0 radical (unpaired) electrons. The summed E-state index contributed by atoms with van der Waals surface area (Å²) in [5.74, 6) is -0.228. The van der Waals surface area contributed by atoms with Crippen LogP contribution >= 0.6 is 0 Å². The highest BCUT2D eigenvalue weighted by molar-refractivity contribution is 6.05. The van der Waals surface area contributed by atoms with Crippen LogP contribution in [0.4, 0.5) is 11.4 Å². The van der Waals surface area contributed by atoms with Gasteiger partial charge < -0.3 is 10.6 Å². The maximum Gasteiger partial charge on any atom is 0.264 e. The lowest BCUT2D eigenvalue weighted by Crippen LogP contribution is -2.13. The third kappa shape index (κ3) is 3.83. The summed E-state index contributed by atoms with van der Waals surface area (Å²) in [6.07, 6.45) is 2.00. The van der Waals surface area contributed by atoms with Crippen LogP contribution in [0.2, 0.25) is 0 Å². The molecule has 0 aliphatic carbocycles. The van der Waals surface area contributed by atoms with Gasteiger partial charge >= 0.3 is 0 Å². The van der Waals surface area contributed by atoms with Crippen molar-refractivity contribution in [2.24, 2.45) is 0 Å². The van der Waals surface area contributed by atoms with E-state index in [9.17, 15) is 14.4 Å². The van der Waals surface area contributed by atoms with Crippen LogP contribution in [-0.2, 0) is 11.2 Å². The summed E-state index contributed by atoms with van der Waals surface area (Å²) < 4.78 is 0. The van der Waals surface area contributed by atoms with E-state index >= 15 is 0 Å². The number of aromatic nitrogens is 2. The van der Waals surface area contributed by atoms with Gasteiger partial charge in [-0.15, -0.1) is 0 Å². The number of benzene rings is 2. The normalized spacial score (nSPS) is 13.2. The molecule has 3 N–H and O–H groups in total. The highest BCUT2D eigenvalue weighted by atomic mass is 16.2. The Morgan fingerprint density at radius 1 is 1.00 bits per heavy atom. The van der Waals surface area contributed by atoms with Crippen LogP contribution in [0.15, 0.2) is 59.4 Å². The molecule has 1 aromatic heterocycles. The van der Waals surface area contributed by atoms with Crippen LogP contribution in [0.5, 0.6) is 0 Å². The Morgan fingerprint density at radius 3 is 2.71 bits per heavy atom. The van der Waals surface area contributed by atoms with Crippen molar-refractivity contribution in [3.05, 3.63) is 76.1 Å². The van der Waals surface area contributed by atoms with Gasteiger partial charge in [-0.25, -0.2) is 5.10 Å². The maximum atomic E-state index is 12.7. The Hall–Kier alpha value is -3.74. The number of fused-ring (bicyclic) bond motifs is 1. The van der Waals surface area contributed by atoms with Gasteiger partial charge in [0, 0.05) is 35.0 Å². The molecule has 140 valence electrons. The lowest BCUT2D eigenvalue weighted by atomic mass is 10.0. The van der Waals surface area contributed by atoms with Crippen molar-refractivity contribution in [2.75, 3.05) is 10.6 Å². The molecule has 0 spiro atoms. The van der Waals surface area contributed by atoms with Crippen LogP contribution in [0.3, 0.4) is 0 Å². The third-order valence-corrected chi connectivity index (χ3v) is 4.59. The number of H-pyrrole nitrogens is 1. The number of rotatable bonds is 3. The van der Waals surface area contributed by atoms with E-state index in [1.165, 1.54) is 6.07 Å². The molecule has 3 aromatic rings. The Bertz CT molecular complexity index is 1100. The quantitative estimate of drug-likeness (QED) is 0.655. The second-order valence-electron chi connectivity index (χ2n) is 6.62. The van der Waals surface area contributed by atoms with Gasteiger partial charge in [-0.3, -0.25) is 14.4 Å². The molecule has 1 aliphatic rings. The van der Waals surface area contributed by atoms with E-state index in [0.717, 1.165) is 29.7 Å². The van der Waals surface area contributed by atoms with Crippen LogP contribution < -0.4 is 16.2 Å². The van der Waals surface area contributed by atoms with Crippen LogP contribution in [0, 0.1) is 0 Å². The monoisotopic (exact) mass is 374 g/mol. The Kier molecular flexibility index (Phi) is 4.72. The first-order chi connectivity index (χ1) is 13.6. The standard InChI is InChI=1S/C21H18N4O3/c26-19-6-2-4-13-11-15(7-8-17(13)23-19)21(28)22-16-5-1-3-14(12-16)18-9-10-20(27)25-24-18/h1,3,5,7-12H,2,4,6H2,(H,22,28)(H,23,26)(H,25,27). The van der Waals surface area contributed by atoms with Crippen molar-refractivity contribution >= 4 is 23.2 Å². The Balaban J connectivity index is 1.55. The van der Waals surface area contributed by atoms with Gasteiger partial charge in [0.05, 0.1) is 5.69 Å². The van der Waals surface area contributed by atoms with Gasteiger partial charge in [0.2, 0.25) is 5.91 Å². The topological polar surface area (TPSA) is 104 Å². The molecule has 0 fully saturated rings. The zero-order chi connectivity index (χ0) is 19.5. The first kappa shape index (κ1) is 17.7. The van der Waals surface area contributed by atoms with E-state index in [-0.39, 0.29) is 17.4 Å². The average molecular weight is 374 g/mol. The van der Waals surface area contributed by atoms with E-state index in [4.69, 9.17) is 0 Å². The predicted octanol–water partition coefficient (Wildman–Crippen LogP) is 2.96. The van der Waals surface area contributed by atoms with Crippen molar-refractivity contribution in [3.63, 3.8) is 0 Å². The molecule has 2 aromatic carbocycles. The van der Waals surface area contributed by atoms with Gasteiger partial charge in [0.15, 0.2) is 0 Å². The summed E-state index contributed by atoms with van der Waals surface area (Å²) in [6, 6.07) is 15.6. The zero-order valence-electron chi connectivity index (χ0n) is 15.0. The highest BCUT2D eigenvalue weighted by Gasteiger charge is 2.15. The van der Waals surface area contributed by atoms with Gasteiger partial charge in [-0.1, -0.05) is 12.1 Å². The van der Waals surface area contributed by atoms with E-state index < -0.39 is 0 Å². The molecule has 0 saturated heterocycles. The summed E-state index contributed by atoms with van der Waals surface area (Å²) in [7, 11) is 0. The smallest absolute Gasteiger partial charge is 0.264 e. The van der Waals surface area contributed by atoms with Crippen LogP contribution in [-0.4, -0.2) is 22.0 Å². The zero-order valence-corrected chi connectivity index (χ0v) is 15.0. The fourth-order valence-corrected chi connectivity index (χ4v) is 3.18. The molecule has 4 rings (SSSR count). The first-order valence-corrected chi connectivity index (χ1v) is 8.99. The minimum atomic E-state index is -0.271. The molecule has 0 saturated carbocycles. The molecule has 7 nitrogen and oxygen atoms in total. The Labute approximate surface area is 160 Å².